The van der Waals surface area contributed by atoms with Gasteiger partial charge in [-0.1, -0.05) is 6.07 Å². The maximum Gasteiger partial charge on any atom is 0.196 e. The largest absolute Gasteiger partial charge is 0.508 e. The maximum atomic E-state index is 12.5. The molecule has 0 radical (unpaired) electrons. The number of hydrogen-bond donors (Lipinski definition) is 1. The van der Waals surface area contributed by atoms with Crippen LogP contribution in [0.1, 0.15) is 23.3 Å². The van der Waals surface area contributed by atoms with Crippen molar-refractivity contribution in [2.75, 3.05) is 0 Å². The number of pyridine rings is 1. The Morgan fingerprint density at radius 2 is 2.14 bits per heavy atom. The summed E-state index contributed by atoms with van der Waals surface area (Å²) in [4.78, 5) is 16.6. The quantitative estimate of drug-likeness (QED) is 0.746. The van der Waals surface area contributed by atoms with Gasteiger partial charge in [-0.15, -0.1) is 0 Å². The molecule has 4 nitrogen and oxygen atoms in total. The molecule has 0 atom stereocenters. The lowest BCUT2D eigenvalue weighted by Crippen LogP contribution is -2.08. The average Bonchev–Trinajstić information content (AvgIpc) is 2.91. The predicted molar refractivity (Wildman–Crippen MR) is 84.6 cm³/mol. The second kappa shape index (κ2) is 4.84. The Morgan fingerprint density at radius 3 is 2.95 bits per heavy atom. The normalized spacial score (nSPS) is 15.4. The highest BCUT2D eigenvalue weighted by atomic mass is 16.3. The maximum absolute atomic E-state index is 12.5. The molecule has 2 aromatic heterocycles. The van der Waals surface area contributed by atoms with Gasteiger partial charge in [-0.2, -0.15) is 0 Å². The Balaban J connectivity index is 1.93. The van der Waals surface area contributed by atoms with Gasteiger partial charge in [-0.3, -0.25) is 9.78 Å². The van der Waals surface area contributed by atoms with Crippen LogP contribution in [0.2, 0.25) is 0 Å². The second-order valence-corrected chi connectivity index (χ2v) is 5.38. The van der Waals surface area contributed by atoms with Crippen molar-refractivity contribution >= 4 is 22.6 Å². The number of aromatic nitrogens is 1. The van der Waals surface area contributed by atoms with Crippen molar-refractivity contribution in [1.29, 1.82) is 0 Å². The number of allylic oxidation sites excluding steroid dienone is 1. The van der Waals surface area contributed by atoms with Gasteiger partial charge >= 0.3 is 0 Å². The van der Waals surface area contributed by atoms with E-state index in [1.165, 1.54) is 12.1 Å². The predicted octanol–water partition coefficient (Wildman–Crippen LogP) is 3.38. The molecule has 0 fully saturated rings. The van der Waals surface area contributed by atoms with Crippen LogP contribution in [0.3, 0.4) is 0 Å². The summed E-state index contributed by atoms with van der Waals surface area (Å²) in [5.74, 6) is 0.721. The molecule has 1 aliphatic carbocycles. The van der Waals surface area contributed by atoms with E-state index in [1.807, 2.05) is 18.2 Å². The van der Waals surface area contributed by atoms with E-state index in [1.54, 1.807) is 18.5 Å². The molecule has 3 aromatic rings. The minimum atomic E-state index is -0.00848. The molecule has 4 rings (SSSR count). The van der Waals surface area contributed by atoms with Crippen LogP contribution >= 0.6 is 0 Å². The molecule has 1 aliphatic rings. The molecular formula is C18H13NO3. The first-order chi connectivity index (χ1) is 10.7. The molecule has 0 saturated carbocycles. The lowest BCUT2D eigenvalue weighted by atomic mass is 10.1. The minimum absolute atomic E-state index is 0.00848. The number of hydrogen-bond acceptors (Lipinski definition) is 4. The number of phenolic OH excluding ortho intramolecular Hbond substituents is 1. The standard InChI is InChI=1S/C18H13NO3/c20-13-4-6-14-16(9-13)22-18-12(3-5-15(18)17(14)21)8-11-2-1-7-19-10-11/h1-2,4,6-10,20H,3,5H2/b12-8+. The number of fused-ring (bicyclic) bond motifs is 2. The number of aromatic hydroxyl groups is 1. The average molecular weight is 291 g/mol. The Hall–Kier alpha value is -2.88. The van der Waals surface area contributed by atoms with Crippen molar-refractivity contribution in [1.82, 2.24) is 4.98 Å². The van der Waals surface area contributed by atoms with E-state index in [0.29, 0.717) is 28.7 Å². The van der Waals surface area contributed by atoms with Gasteiger partial charge in [0.15, 0.2) is 5.43 Å². The van der Waals surface area contributed by atoms with Gasteiger partial charge in [-0.05, 0) is 48.3 Å². The molecule has 108 valence electrons. The Kier molecular flexibility index (Phi) is 2.82. The molecule has 0 aliphatic heterocycles. The summed E-state index contributed by atoms with van der Waals surface area (Å²) < 4.78 is 5.90. The van der Waals surface area contributed by atoms with E-state index >= 15 is 0 Å². The molecule has 0 amide bonds. The van der Waals surface area contributed by atoms with E-state index in [2.05, 4.69) is 4.98 Å². The van der Waals surface area contributed by atoms with Gasteiger partial charge in [0.1, 0.15) is 17.1 Å². The van der Waals surface area contributed by atoms with E-state index in [0.717, 1.165) is 17.6 Å². The van der Waals surface area contributed by atoms with E-state index < -0.39 is 0 Å². The molecule has 0 bridgehead atoms. The van der Waals surface area contributed by atoms with Crippen LogP contribution < -0.4 is 5.43 Å². The third-order valence-corrected chi connectivity index (χ3v) is 3.93. The number of rotatable bonds is 1. The summed E-state index contributed by atoms with van der Waals surface area (Å²) in [6, 6.07) is 8.43. The van der Waals surface area contributed by atoms with Crippen LogP contribution in [0, 0.1) is 0 Å². The fourth-order valence-electron chi connectivity index (χ4n) is 2.88. The van der Waals surface area contributed by atoms with Crippen molar-refractivity contribution < 1.29 is 9.52 Å². The number of nitrogens with zero attached hydrogens (tertiary/aromatic N) is 1. The summed E-state index contributed by atoms with van der Waals surface area (Å²) in [6.07, 6.45) is 6.94. The molecular weight excluding hydrogens is 278 g/mol. The summed E-state index contributed by atoms with van der Waals surface area (Å²) in [5, 5.41) is 10.1. The Morgan fingerprint density at radius 1 is 1.23 bits per heavy atom. The molecule has 0 unspecified atom stereocenters. The van der Waals surface area contributed by atoms with Crippen molar-refractivity contribution in [2.45, 2.75) is 12.8 Å². The SMILES string of the molecule is O=c1c2c(oc3cc(O)ccc13)/C(=C/c1cccnc1)CC2. The lowest BCUT2D eigenvalue weighted by molar-refractivity contribution is 0.473. The third-order valence-electron chi connectivity index (χ3n) is 3.93. The van der Waals surface area contributed by atoms with Crippen molar-refractivity contribution in [3.05, 3.63) is 69.8 Å². The smallest absolute Gasteiger partial charge is 0.196 e. The first-order valence-electron chi connectivity index (χ1n) is 7.12. The van der Waals surface area contributed by atoms with Crippen LogP contribution in [-0.2, 0) is 6.42 Å². The van der Waals surface area contributed by atoms with Crippen LogP contribution in [0.25, 0.3) is 22.6 Å². The zero-order valence-corrected chi connectivity index (χ0v) is 11.7. The van der Waals surface area contributed by atoms with Crippen molar-refractivity contribution in [3.63, 3.8) is 0 Å². The first kappa shape index (κ1) is 12.8. The van der Waals surface area contributed by atoms with Gasteiger partial charge in [0.05, 0.1) is 5.39 Å². The lowest BCUT2D eigenvalue weighted by Gasteiger charge is -2.04. The fourth-order valence-corrected chi connectivity index (χ4v) is 2.88. The molecule has 0 spiro atoms. The zero-order chi connectivity index (χ0) is 15.1. The Labute approximate surface area is 126 Å². The van der Waals surface area contributed by atoms with Crippen LogP contribution in [-0.4, -0.2) is 10.1 Å². The zero-order valence-electron chi connectivity index (χ0n) is 11.7. The summed E-state index contributed by atoms with van der Waals surface area (Å²) in [6.45, 7) is 0. The second-order valence-electron chi connectivity index (χ2n) is 5.38. The highest BCUT2D eigenvalue weighted by Gasteiger charge is 2.23. The van der Waals surface area contributed by atoms with Gasteiger partial charge in [0.25, 0.3) is 0 Å². The number of phenols is 1. The molecule has 0 saturated heterocycles. The molecule has 2 heterocycles. The minimum Gasteiger partial charge on any atom is -0.508 e. The van der Waals surface area contributed by atoms with Gasteiger partial charge < -0.3 is 9.52 Å². The van der Waals surface area contributed by atoms with Crippen LogP contribution in [0.4, 0.5) is 0 Å². The van der Waals surface area contributed by atoms with E-state index in [-0.39, 0.29) is 11.2 Å². The molecule has 1 N–H and O–H groups in total. The van der Waals surface area contributed by atoms with Gasteiger partial charge in [0, 0.05) is 24.0 Å². The molecule has 1 aromatic carbocycles. The van der Waals surface area contributed by atoms with E-state index in [4.69, 9.17) is 4.42 Å². The summed E-state index contributed by atoms with van der Waals surface area (Å²) in [7, 11) is 0. The van der Waals surface area contributed by atoms with E-state index in [9.17, 15) is 9.90 Å². The first-order valence-corrected chi connectivity index (χ1v) is 7.12. The van der Waals surface area contributed by atoms with Crippen LogP contribution in [0.5, 0.6) is 5.75 Å². The fraction of sp³-hybridized carbons (Fsp3) is 0.111. The summed E-state index contributed by atoms with van der Waals surface area (Å²) >= 11 is 0. The Bertz CT molecular complexity index is 955. The van der Waals surface area contributed by atoms with Gasteiger partial charge in [-0.25, -0.2) is 0 Å². The van der Waals surface area contributed by atoms with Crippen LogP contribution in [0.15, 0.2) is 51.9 Å². The monoisotopic (exact) mass is 291 g/mol. The molecule has 22 heavy (non-hydrogen) atoms. The highest BCUT2D eigenvalue weighted by molar-refractivity contribution is 5.87. The summed E-state index contributed by atoms with van der Waals surface area (Å²) in [5.41, 5.74) is 3.09. The third kappa shape index (κ3) is 2.00. The highest BCUT2D eigenvalue weighted by Crippen LogP contribution is 2.34. The van der Waals surface area contributed by atoms with Crippen molar-refractivity contribution in [3.8, 4) is 5.75 Å². The number of benzene rings is 1. The van der Waals surface area contributed by atoms with Gasteiger partial charge in [0.2, 0.25) is 0 Å². The topological polar surface area (TPSA) is 63.3 Å². The van der Waals surface area contributed by atoms with Crippen molar-refractivity contribution in [2.24, 2.45) is 0 Å². The molecule has 4 heteroatoms.